The quantitative estimate of drug-likeness (QED) is 0.875. The third-order valence-corrected chi connectivity index (χ3v) is 4.82. The molecular weight excluding hydrogens is 262 g/mol. The smallest absolute Gasteiger partial charge is 0.220 e. The van der Waals surface area contributed by atoms with E-state index in [9.17, 15) is 9.90 Å². The maximum Gasteiger partial charge on any atom is 0.220 e. The summed E-state index contributed by atoms with van der Waals surface area (Å²) in [5, 5.41) is 12.8. The van der Waals surface area contributed by atoms with Crippen LogP contribution in [0.4, 0.5) is 0 Å². The standard InChI is InChI=1S/C18H27NO2/c1-14-9-11-18(13-20,12-10-14)19-17(21)8-7-16-6-4-3-5-15(16)2/h3-6,14,20H,7-13H2,1-2H3,(H,19,21). The predicted molar refractivity (Wildman–Crippen MR) is 85.1 cm³/mol. The van der Waals surface area contributed by atoms with E-state index in [1.807, 2.05) is 12.1 Å². The highest BCUT2D eigenvalue weighted by molar-refractivity contribution is 5.77. The lowest BCUT2D eigenvalue weighted by molar-refractivity contribution is -0.124. The van der Waals surface area contributed by atoms with Crippen molar-refractivity contribution in [1.82, 2.24) is 5.32 Å². The summed E-state index contributed by atoms with van der Waals surface area (Å²) in [6.45, 7) is 4.36. The summed E-state index contributed by atoms with van der Waals surface area (Å²) in [5.41, 5.74) is 2.08. The number of amides is 1. The average molecular weight is 289 g/mol. The van der Waals surface area contributed by atoms with Crippen LogP contribution in [0.15, 0.2) is 24.3 Å². The predicted octanol–water partition coefficient (Wildman–Crippen LogP) is 2.99. The molecule has 0 aliphatic heterocycles. The van der Waals surface area contributed by atoms with Crippen LogP contribution >= 0.6 is 0 Å². The van der Waals surface area contributed by atoms with E-state index in [1.165, 1.54) is 11.1 Å². The molecule has 116 valence electrons. The van der Waals surface area contributed by atoms with E-state index in [-0.39, 0.29) is 18.1 Å². The van der Waals surface area contributed by atoms with Crippen LogP contribution in [-0.4, -0.2) is 23.2 Å². The van der Waals surface area contributed by atoms with Gasteiger partial charge in [-0.3, -0.25) is 4.79 Å². The van der Waals surface area contributed by atoms with Gasteiger partial charge in [-0.2, -0.15) is 0 Å². The zero-order valence-electron chi connectivity index (χ0n) is 13.2. The Hall–Kier alpha value is -1.35. The Bertz CT molecular complexity index is 476. The minimum Gasteiger partial charge on any atom is -0.394 e. The van der Waals surface area contributed by atoms with Crippen molar-refractivity contribution in [3.05, 3.63) is 35.4 Å². The zero-order valence-corrected chi connectivity index (χ0v) is 13.2. The molecule has 3 nitrogen and oxygen atoms in total. The Morgan fingerprint density at radius 2 is 2.00 bits per heavy atom. The zero-order chi connectivity index (χ0) is 15.3. The molecule has 1 amide bonds. The fraction of sp³-hybridized carbons (Fsp3) is 0.611. The largest absolute Gasteiger partial charge is 0.394 e. The minimum atomic E-state index is -0.380. The van der Waals surface area contributed by atoms with Gasteiger partial charge >= 0.3 is 0 Å². The van der Waals surface area contributed by atoms with Gasteiger partial charge in [0.25, 0.3) is 0 Å². The molecule has 2 N–H and O–H groups in total. The molecule has 3 heteroatoms. The fourth-order valence-corrected chi connectivity index (χ4v) is 3.13. The normalized spacial score (nSPS) is 25.6. The van der Waals surface area contributed by atoms with Gasteiger partial charge in [0.15, 0.2) is 0 Å². The van der Waals surface area contributed by atoms with Crippen molar-refractivity contribution in [2.24, 2.45) is 5.92 Å². The number of aryl methyl sites for hydroxylation is 2. The molecule has 0 unspecified atom stereocenters. The van der Waals surface area contributed by atoms with E-state index in [0.717, 1.165) is 32.1 Å². The summed E-state index contributed by atoms with van der Waals surface area (Å²) in [6, 6.07) is 8.18. The van der Waals surface area contributed by atoms with Crippen molar-refractivity contribution in [3.8, 4) is 0 Å². The van der Waals surface area contributed by atoms with Gasteiger partial charge in [-0.1, -0.05) is 31.2 Å². The molecule has 21 heavy (non-hydrogen) atoms. The molecule has 0 aromatic heterocycles. The van der Waals surface area contributed by atoms with Gasteiger partial charge in [0.2, 0.25) is 5.91 Å². The first-order chi connectivity index (χ1) is 10.0. The molecule has 0 radical (unpaired) electrons. The molecule has 1 aliphatic carbocycles. The topological polar surface area (TPSA) is 49.3 Å². The second-order valence-electron chi connectivity index (χ2n) is 6.60. The lowest BCUT2D eigenvalue weighted by Gasteiger charge is -2.38. The summed E-state index contributed by atoms with van der Waals surface area (Å²) in [4.78, 5) is 12.2. The maximum atomic E-state index is 12.2. The molecule has 0 bridgehead atoms. The number of hydrogen-bond donors (Lipinski definition) is 2. The fourth-order valence-electron chi connectivity index (χ4n) is 3.13. The first kappa shape index (κ1) is 16.0. The Morgan fingerprint density at radius 1 is 1.33 bits per heavy atom. The van der Waals surface area contributed by atoms with Crippen molar-refractivity contribution in [2.45, 2.75) is 57.9 Å². The molecule has 0 saturated heterocycles. The summed E-state index contributed by atoms with van der Waals surface area (Å²) in [6.07, 6.45) is 5.19. The van der Waals surface area contributed by atoms with Crippen molar-refractivity contribution >= 4 is 5.91 Å². The van der Waals surface area contributed by atoms with E-state index in [2.05, 4.69) is 31.3 Å². The van der Waals surface area contributed by atoms with E-state index >= 15 is 0 Å². The summed E-state index contributed by atoms with van der Waals surface area (Å²) >= 11 is 0. The van der Waals surface area contributed by atoms with Crippen molar-refractivity contribution < 1.29 is 9.90 Å². The highest BCUT2D eigenvalue weighted by Gasteiger charge is 2.34. The van der Waals surface area contributed by atoms with Gasteiger partial charge in [-0.05, 0) is 56.1 Å². The first-order valence-electron chi connectivity index (χ1n) is 8.01. The Balaban J connectivity index is 1.87. The SMILES string of the molecule is Cc1ccccc1CCC(=O)NC1(CO)CCC(C)CC1. The molecule has 1 saturated carbocycles. The van der Waals surface area contributed by atoms with E-state index in [1.54, 1.807) is 0 Å². The summed E-state index contributed by atoms with van der Waals surface area (Å²) in [7, 11) is 0. The molecule has 0 heterocycles. The van der Waals surface area contributed by atoms with Gasteiger partial charge in [0.05, 0.1) is 12.1 Å². The Labute approximate surface area is 127 Å². The highest BCUT2D eigenvalue weighted by Crippen LogP contribution is 2.31. The molecule has 1 aromatic rings. The van der Waals surface area contributed by atoms with Gasteiger partial charge < -0.3 is 10.4 Å². The van der Waals surface area contributed by atoms with Gasteiger partial charge in [0, 0.05) is 6.42 Å². The van der Waals surface area contributed by atoms with Crippen molar-refractivity contribution in [3.63, 3.8) is 0 Å². The molecule has 0 spiro atoms. The third-order valence-electron chi connectivity index (χ3n) is 4.82. The average Bonchev–Trinajstić information content (AvgIpc) is 2.49. The number of carbonyl (C=O) groups is 1. The Kier molecular flexibility index (Phi) is 5.40. The maximum absolute atomic E-state index is 12.2. The van der Waals surface area contributed by atoms with Crippen LogP contribution in [0.5, 0.6) is 0 Å². The lowest BCUT2D eigenvalue weighted by atomic mass is 9.77. The molecule has 1 fully saturated rings. The van der Waals surface area contributed by atoms with Crippen LogP contribution in [0.25, 0.3) is 0 Å². The molecule has 1 aliphatic rings. The Morgan fingerprint density at radius 3 is 2.62 bits per heavy atom. The van der Waals surface area contributed by atoms with Crippen molar-refractivity contribution in [1.29, 1.82) is 0 Å². The number of benzene rings is 1. The van der Waals surface area contributed by atoms with Gasteiger partial charge in [-0.15, -0.1) is 0 Å². The molecular formula is C18H27NO2. The van der Waals surface area contributed by atoms with E-state index in [0.29, 0.717) is 12.3 Å². The number of nitrogens with one attached hydrogen (secondary N) is 1. The summed E-state index contributed by atoms with van der Waals surface area (Å²) < 4.78 is 0. The minimum absolute atomic E-state index is 0.0514. The second kappa shape index (κ2) is 7.08. The molecule has 1 aromatic carbocycles. The molecule has 2 rings (SSSR count). The second-order valence-corrected chi connectivity index (χ2v) is 6.60. The van der Waals surface area contributed by atoms with Crippen LogP contribution in [0.3, 0.4) is 0 Å². The lowest BCUT2D eigenvalue weighted by Crippen LogP contribution is -2.53. The third kappa shape index (κ3) is 4.31. The van der Waals surface area contributed by atoms with E-state index in [4.69, 9.17) is 0 Å². The van der Waals surface area contributed by atoms with Gasteiger partial charge in [0.1, 0.15) is 0 Å². The van der Waals surface area contributed by atoms with Gasteiger partial charge in [-0.25, -0.2) is 0 Å². The number of aliphatic hydroxyl groups excluding tert-OH is 1. The van der Waals surface area contributed by atoms with Crippen molar-refractivity contribution in [2.75, 3.05) is 6.61 Å². The monoisotopic (exact) mass is 289 g/mol. The van der Waals surface area contributed by atoms with E-state index < -0.39 is 0 Å². The summed E-state index contributed by atoms with van der Waals surface area (Å²) in [5.74, 6) is 0.760. The van der Waals surface area contributed by atoms with Crippen LogP contribution in [-0.2, 0) is 11.2 Å². The first-order valence-corrected chi connectivity index (χ1v) is 8.01. The van der Waals surface area contributed by atoms with Crippen LogP contribution < -0.4 is 5.32 Å². The molecule has 0 atom stereocenters. The van der Waals surface area contributed by atoms with Crippen LogP contribution in [0.2, 0.25) is 0 Å². The van der Waals surface area contributed by atoms with Crippen LogP contribution in [0.1, 0.15) is 50.2 Å². The highest BCUT2D eigenvalue weighted by atomic mass is 16.3. The number of carbonyl (C=O) groups excluding carboxylic acids is 1. The number of rotatable bonds is 5. The number of hydrogen-bond acceptors (Lipinski definition) is 2. The number of aliphatic hydroxyl groups is 1. The van der Waals surface area contributed by atoms with Crippen LogP contribution in [0, 0.1) is 12.8 Å².